The predicted octanol–water partition coefficient (Wildman–Crippen LogP) is 1.93. The highest BCUT2D eigenvalue weighted by Crippen LogP contribution is 2.64. The molecule has 0 aromatic carbocycles. The van der Waals surface area contributed by atoms with Crippen LogP contribution in [0.2, 0.25) is 0 Å². The van der Waals surface area contributed by atoms with Crippen LogP contribution in [0.1, 0.15) is 33.1 Å². The number of carbonyl (C=O) groups is 1. The fraction of sp³-hybridized carbons (Fsp3) is 0.750. The number of carbonyl (C=O) groups excluding carboxylic acids is 1. The molecule has 0 radical (unpaired) electrons. The molecule has 0 amide bonds. The average molecular weight is 370 g/mol. The van der Waals surface area contributed by atoms with E-state index in [-0.39, 0.29) is 23.1 Å². The normalized spacial score (nSPS) is 32.9. The predicted molar refractivity (Wildman–Crippen MR) is 90.5 cm³/mol. The summed E-state index contributed by atoms with van der Waals surface area (Å²) in [6.45, 7) is 4.82. The molecular weight excluding hydrogens is 348 g/mol. The van der Waals surface area contributed by atoms with Gasteiger partial charge in [-0.1, -0.05) is 25.2 Å². The summed E-state index contributed by atoms with van der Waals surface area (Å²) in [5, 5.41) is 2.40. The SMILES string of the molecule is CC1(C)C2CCC1(CS(=O)(=O)N1CC(Oc3nccs3)C1)C(=O)C2. The van der Waals surface area contributed by atoms with Gasteiger partial charge in [-0.05, 0) is 24.2 Å². The quantitative estimate of drug-likeness (QED) is 0.792. The Morgan fingerprint density at radius 1 is 1.42 bits per heavy atom. The topological polar surface area (TPSA) is 76.6 Å². The van der Waals surface area contributed by atoms with E-state index >= 15 is 0 Å². The summed E-state index contributed by atoms with van der Waals surface area (Å²) in [5.41, 5.74) is -0.920. The molecule has 1 saturated heterocycles. The Bertz CT molecular complexity index is 753. The van der Waals surface area contributed by atoms with Gasteiger partial charge in [0.1, 0.15) is 11.9 Å². The second-order valence-electron chi connectivity index (χ2n) is 7.78. The van der Waals surface area contributed by atoms with E-state index in [0.29, 0.717) is 37.0 Å². The van der Waals surface area contributed by atoms with Crippen molar-refractivity contribution in [2.24, 2.45) is 16.7 Å². The van der Waals surface area contributed by atoms with Crippen LogP contribution in [0.3, 0.4) is 0 Å². The molecule has 1 aromatic heterocycles. The Balaban J connectivity index is 1.44. The van der Waals surface area contributed by atoms with Crippen LogP contribution < -0.4 is 4.74 Å². The number of rotatable bonds is 5. The van der Waals surface area contributed by atoms with Gasteiger partial charge < -0.3 is 4.74 Å². The molecule has 2 atom stereocenters. The summed E-state index contributed by atoms with van der Waals surface area (Å²) >= 11 is 1.40. The molecule has 132 valence electrons. The van der Waals surface area contributed by atoms with Crippen molar-refractivity contribution in [2.45, 2.75) is 39.2 Å². The number of hydrogen-bond donors (Lipinski definition) is 0. The number of Topliss-reactive ketones (excluding diaryl/α,β-unsaturated/α-hetero) is 1. The van der Waals surface area contributed by atoms with Crippen molar-refractivity contribution in [3.63, 3.8) is 0 Å². The minimum atomic E-state index is -3.45. The molecule has 8 heteroatoms. The van der Waals surface area contributed by atoms with Crippen LogP contribution in [-0.2, 0) is 14.8 Å². The summed E-state index contributed by atoms with van der Waals surface area (Å²) in [7, 11) is -3.45. The van der Waals surface area contributed by atoms with Crippen molar-refractivity contribution in [1.29, 1.82) is 0 Å². The monoisotopic (exact) mass is 370 g/mol. The molecule has 0 N–H and O–H groups in total. The van der Waals surface area contributed by atoms with Crippen LogP contribution in [0.15, 0.2) is 11.6 Å². The standard InChI is InChI=1S/C16H22N2O4S2/c1-15(2)11-3-4-16(15,13(19)7-11)10-24(20,21)18-8-12(9-18)22-14-17-5-6-23-14/h5-6,11-12H,3-4,7-10H2,1-2H3. The van der Waals surface area contributed by atoms with Crippen molar-refractivity contribution in [3.05, 3.63) is 11.6 Å². The van der Waals surface area contributed by atoms with E-state index in [0.717, 1.165) is 6.42 Å². The third-order valence-corrected chi connectivity index (χ3v) is 9.06. The molecule has 4 rings (SSSR count). The van der Waals surface area contributed by atoms with Gasteiger partial charge in [-0.2, -0.15) is 4.31 Å². The lowest BCUT2D eigenvalue weighted by Gasteiger charge is -2.41. The van der Waals surface area contributed by atoms with Crippen molar-refractivity contribution >= 4 is 27.1 Å². The number of fused-ring (bicyclic) bond motifs is 2. The van der Waals surface area contributed by atoms with Crippen LogP contribution in [0.4, 0.5) is 0 Å². The van der Waals surface area contributed by atoms with Crippen LogP contribution in [0.25, 0.3) is 0 Å². The third kappa shape index (κ3) is 2.26. The number of thiazole rings is 1. The van der Waals surface area contributed by atoms with Crippen LogP contribution in [-0.4, -0.2) is 48.4 Å². The lowest BCUT2D eigenvalue weighted by Crippen LogP contribution is -2.58. The van der Waals surface area contributed by atoms with Gasteiger partial charge in [-0.15, -0.1) is 0 Å². The van der Waals surface area contributed by atoms with Crippen LogP contribution in [0, 0.1) is 16.7 Å². The van der Waals surface area contributed by atoms with E-state index in [2.05, 4.69) is 18.8 Å². The van der Waals surface area contributed by atoms with Gasteiger partial charge in [-0.3, -0.25) is 4.79 Å². The molecule has 1 aromatic rings. The summed E-state index contributed by atoms with van der Waals surface area (Å²) in [6, 6.07) is 0. The lowest BCUT2D eigenvalue weighted by molar-refractivity contribution is -0.128. The second kappa shape index (κ2) is 5.25. The van der Waals surface area contributed by atoms with Gasteiger partial charge >= 0.3 is 0 Å². The highest BCUT2D eigenvalue weighted by Gasteiger charge is 2.65. The highest BCUT2D eigenvalue weighted by atomic mass is 32.2. The van der Waals surface area contributed by atoms with E-state index in [4.69, 9.17) is 4.74 Å². The zero-order chi connectivity index (χ0) is 17.2. The maximum absolute atomic E-state index is 12.8. The maximum Gasteiger partial charge on any atom is 0.273 e. The Morgan fingerprint density at radius 3 is 2.71 bits per heavy atom. The van der Waals surface area contributed by atoms with E-state index in [1.807, 2.05) is 5.38 Å². The molecule has 2 bridgehead atoms. The van der Waals surface area contributed by atoms with Crippen LogP contribution >= 0.6 is 11.3 Å². The average Bonchev–Trinajstić information content (AvgIpc) is 3.08. The molecule has 2 heterocycles. The molecule has 6 nitrogen and oxygen atoms in total. The van der Waals surface area contributed by atoms with E-state index in [9.17, 15) is 13.2 Å². The van der Waals surface area contributed by atoms with Crippen molar-refractivity contribution in [3.8, 4) is 5.19 Å². The lowest BCUT2D eigenvalue weighted by atomic mass is 9.70. The fourth-order valence-electron chi connectivity index (χ4n) is 4.62. The molecular formula is C16H22N2O4S2. The molecule has 2 saturated carbocycles. The number of sulfonamides is 1. The zero-order valence-corrected chi connectivity index (χ0v) is 15.5. The minimum absolute atomic E-state index is 0.0493. The fourth-order valence-corrected chi connectivity index (χ4v) is 7.45. The highest BCUT2D eigenvalue weighted by molar-refractivity contribution is 7.89. The van der Waals surface area contributed by atoms with E-state index in [1.165, 1.54) is 15.6 Å². The van der Waals surface area contributed by atoms with Crippen LogP contribution in [0.5, 0.6) is 5.19 Å². The zero-order valence-electron chi connectivity index (χ0n) is 13.9. The molecule has 2 aliphatic carbocycles. The largest absolute Gasteiger partial charge is 0.464 e. The number of hydrogen-bond acceptors (Lipinski definition) is 6. The van der Waals surface area contributed by atoms with E-state index in [1.54, 1.807) is 6.20 Å². The molecule has 24 heavy (non-hydrogen) atoms. The first kappa shape index (κ1) is 16.5. The van der Waals surface area contributed by atoms with Crippen molar-refractivity contribution in [1.82, 2.24) is 9.29 Å². The van der Waals surface area contributed by atoms with E-state index < -0.39 is 15.4 Å². The smallest absolute Gasteiger partial charge is 0.273 e. The molecule has 3 fully saturated rings. The van der Waals surface area contributed by atoms with Gasteiger partial charge in [0.05, 0.1) is 18.8 Å². The summed E-state index contributed by atoms with van der Waals surface area (Å²) in [6.07, 6.45) is 3.72. The van der Waals surface area contributed by atoms with Crippen molar-refractivity contribution in [2.75, 3.05) is 18.8 Å². The number of aromatic nitrogens is 1. The summed E-state index contributed by atoms with van der Waals surface area (Å²) < 4.78 is 32.8. The Hall–Kier alpha value is -0.990. The Kier molecular flexibility index (Phi) is 3.61. The van der Waals surface area contributed by atoms with Gasteiger partial charge in [0.15, 0.2) is 0 Å². The maximum atomic E-state index is 12.8. The number of nitrogens with zero attached hydrogens (tertiary/aromatic N) is 2. The first-order valence-corrected chi connectivity index (χ1v) is 10.8. The Morgan fingerprint density at radius 2 is 2.17 bits per heavy atom. The second-order valence-corrected chi connectivity index (χ2v) is 10.6. The van der Waals surface area contributed by atoms with Gasteiger partial charge in [0.2, 0.25) is 10.0 Å². The summed E-state index contributed by atoms with van der Waals surface area (Å²) in [4.78, 5) is 16.6. The molecule has 2 unspecified atom stereocenters. The Labute approximate surface area is 146 Å². The number of ketones is 1. The summed E-state index contributed by atoms with van der Waals surface area (Å²) in [5.74, 6) is 0.424. The molecule has 0 spiro atoms. The minimum Gasteiger partial charge on any atom is -0.464 e. The first-order chi connectivity index (χ1) is 11.2. The third-order valence-electron chi connectivity index (χ3n) is 6.45. The molecule has 3 aliphatic rings. The van der Waals surface area contributed by atoms with Gasteiger partial charge in [0.25, 0.3) is 5.19 Å². The number of ether oxygens (including phenoxy) is 1. The first-order valence-electron chi connectivity index (χ1n) is 8.32. The molecule has 1 aliphatic heterocycles. The van der Waals surface area contributed by atoms with Gasteiger partial charge in [-0.25, -0.2) is 13.4 Å². The van der Waals surface area contributed by atoms with Crippen molar-refractivity contribution < 1.29 is 17.9 Å². The van der Waals surface area contributed by atoms with Gasteiger partial charge in [0, 0.05) is 23.4 Å².